The van der Waals surface area contributed by atoms with E-state index in [9.17, 15) is 4.79 Å². The van der Waals surface area contributed by atoms with Crippen molar-refractivity contribution in [3.05, 3.63) is 89.5 Å². The summed E-state index contributed by atoms with van der Waals surface area (Å²) in [5, 5.41) is 3.12. The van der Waals surface area contributed by atoms with Crippen molar-refractivity contribution >= 4 is 29.0 Å². The molecule has 0 fully saturated rings. The topological polar surface area (TPSA) is 32.3 Å². The van der Waals surface area contributed by atoms with Crippen molar-refractivity contribution in [1.29, 1.82) is 0 Å². The number of thioether (sulfide) groups is 1. The first-order valence-electron chi connectivity index (χ1n) is 9.11. The van der Waals surface area contributed by atoms with Gasteiger partial charge in [-0.25, -0.2) is 0 Å². The maximum Gasteiger partial charge on any atom is 0.256 e. The van der Waals surface area contributed by atoms with E-state index >= 15 is 0 Å². The Morgan fingerprint density at radius 1 is 1.00 bits per heavy atom. The molecule has 1 N–H and O–H groups in total. The lowest BCUT2D eigenvalue weighted by Gasteiger charge is -2.21. The summed E-state index contributed by atoms with van der Waals surface area (Å²) in [6.45, 7) is 1.80. The molecule has 136 valence electrons. The first-order valence-corrected chi connectivity index (χ1v) is 10.3. The van der Waals surface area contributed by atoms with Crippen molar-refractivity contribution in [1.82, 2.24) is 0 Å². The van der Waals surface area contributed by atoms with Crippen molar-refractivity contribution in [3.63, 3.8) is 0 Å². The molecule has 1 aliphatic heterocycles. The molecule has 0 spiro atoms. The Hall–Kier alpha value is -2.72. The number of carbonyl (C=O) groups excluding carboxylic acids is 1. The highest BCUT2D eigenvalue weighted by molar-refractivity contribution is 7.98. The number of fused-ring (bicyclic) bond motifs is 1. The summed E-state index contributed by atoms with van der Waals surface area (Å²) in [4.78, 5) is 16.2. The molecular weight excluding hydrogens is 352 g/mol. The zero-order valence-electron chi connectivity index (χ0n) is 15.3. The Bertz CT molecular complexity index is 970. The molecule has 0 saturated carbocycles. The van der Waals surface area contributed by atoms with E-state index in [1.54, 1.807) is 11.8 Å². The third kappa shape index (κ3) is 3.71. The summed E-state index contributed by atoms with van der Waals surface area (Å²) in [7, 11) is 0. The Balaban J connectivity index is 1.56. The largest absolute Gasteiger partial charge is 0.367 e. The van der Waals surface area contributed by atoms with E-state index in [1.165, 1.54) is 11.3 Å². The van der Waals surface area contributed by atoms with Crippen molar-refractivity contribution in [2.75, 3.05) is 23.0 Å². The highest BCUT2D eigenvalue weighted by Crippen LogP contribution is 2.30. The van der Waals surface area contributed by atoms with Gasteiger partial charge in [0.25, 0.3) is 5.91 Å². The van der Waals surface area contributed by atoms with Gasteiger partial charge in [-0.2, -0.15) is 0 Å². The quantitative estimate of drug-likeness (QED) is 0.621. The summed E-state index contributed by atoms with van der Waals surface area (Å²) < 4.78 is 0. The molecule has 0 bridgehead atoms. The molecule has 0 aliphatic carbocycles. The second-order valence-electron chi connectivity index (χ2n) is 6.61. The van der Waals surface area contributed by atoms with Gasteiger partial charge >= 0.3 is 0 Å². The van der Waals surface area contributed by atoms with E-state index in [0.29, 0.717) is 5.56 Å². The van der Waals surface area contributed by atoms with Gasteiger partial charge in [-0.1, -0.05) is 48.5 Å². The molecule has 27 heavy (non-hydrogen) atoms. The fraction of sp³-hybridized carbons (Fsp3) is 0.174. The first-order chi connectivity index (χ1) is 13.3. The van der Waals surface area contributed by atoms with Crippen LogP contribution in [0.15, 0.2) is 77.7 Å². The van der Waals surface area contributed by atoms with Gasteiger partial charge < -0.3 is 10.2 Å². The second-order valence-corrected chi connectivity index (χ2v) is 7.46. The highest BCUT2D eigenvalue weighted by atomic mass is 32.2. The molecule has 3 nitrogen and oxygen atoms in total. The predicted octanol–water partition coefficient (Wildman–Crippen LogP) is 5.22. The van der Waals surface area contributed by atoms with Gasteiger partial charge in [0, 0.05) is 29.4 Å². The van der Waals surface area contributed by atoms with Gasteiger partial charge in [-0.05, 0) is 48.1 Å². The number of para-hydroxylation sites is 2. The van der Waals surface area contributed by atoms with Crippen molar-refractivity contribution in [3.8, 4) is 0 Å². The molecular formula is C23H22N2OS. The average molecular weight is 375 g/mol. The number of benzene rings is 3. The van der Waals surface area contributed by atoms with E-state index in [0.717, 1.165) is 35.7 Å². The van der Waals surface area contributed by atoms with Gasteiger partial charge in [0.1, 0.15) is 0 Å². The maximum atomic E-state index is 12.8. The second kappa shape index (κ2) is 7.89. The highest BCUT2D eigenvalue weighted by Gasteiger charge is 2.20. The molecule has 4 heteroatoms. The number of carbonyl (C=O) groups is 1. The summed E-state index contributed by atoms with van der Waals surface area (Å²) in [5.41, 5.74) is 5.41. The summed E-state index contributed by atoms with van der Waals surface area (Å²) in [5.74, 6) is -0.0609. The third-order valence-electron chi connectivity index (χ3n) is 4.96. The van der Waals surface area contributed by atoms with Crippen molar-refractivity contribution in [2.24, 2.45) is 0 Å². The molecule has 1 amide bonds. The van der Waals surface area contributed by atoms with Gasteiger partial charge in [-0.15, -0.1) is 11.8 Å². The van der Waals surface area contributed by atoms with Crippen LogP contribution in [0.2, 0.25) is 0 Å². The Kier molecular flexibility index (Phi) is 5.16. The standard InChI is InChI=1S/C23H22N2OS/c1-27-22-13-7-4-10-19(22)23(26)24-20-11-5-2-9-18(20)16-25-15-14-17-8-3-6-12-21(17)25/h2-13H,14-16H2,1H3,(H,24,26). The summed E-state index contributed by atoms with van der Waals surface area (Å²) in [6.07, 6.45) is 3.07. The van der Waals surface area contributed by atoms with Crippen molar-refractivity contribution < 1.29 is 4.79 Å². The fourth-order valence-corrected chi connectivity index (χ4v) is 4.17. The number of anilines is 2. The van der Waals surface area contributed by atoms with Crippen LogP contribution < -0.4 is 10.2 Å². The molecule has 3 aromatic carbocycles. The monoisotopic (exact) mass is 374 g/mol. The molecule has 4 rings (SSSR count). The number of hydrogen-bond donors (Lipinski definition) is 1. The third-order valence-corrected chi connectivity index (χ3v) is 5.76. The molecule has 1 heterocycles. The number of hydrogen-bond acceptors (Lipinski definition) is 3. The Morgan fingerprint density at radius 2 is 1.74 bits per heavy atom. The zero-order chi connectivity index (χ0) is 18.6. The van der Waals surface area contributed by atoms with Gasteiger partial charge in [0.2, 0.25) is 0 Å². The lowest BCUT2D eigenvalue weighted by molar-refractivity contribution is 0.102. The van der Waals surface area contributed by atoms with E-state index in [1.807, 2.05) is 48.7 Å². The molecule has 0 unspecified atom stereocenters. The van der Waals surface area contributed by atoms with Gasteiger partial charge in [0.15, 0.2) is 0 Å². The van der Waals surface area contributed by atoms with E-state index in [2.05, 4.69) is 40.5 Å². The van der Waals surface area contributed by atoms with E-state index in [-0.39, 0.29) is 5.91 Å². The zero-order valence-corrected chi connectivity index (χ0v) is 16.1. The minimum atomic E-state index is -0.0609. The van der Waals surface area contributed by atoms with Crippen LogP contribution in [0.4, 0.5) is 11.4 Å². The molecule has 0 saturated heterocycles. The Morgan fingerprint density at radius 3 is 2.63 bits per heavy atom. The predicted molar refractivity (Wildman–Crippen MR) is 114 cm³/mol. The summed E-state index contributed by atoms with van der Waals surface area (Å²) in [6, 6.07) is 24.4. The van der Waals surface area contributed by atoms with Gasteiger partial charge in [-0.3, -0.25) is 4.79 Å². The molecule has 0 radical (unpaired) electrons. The number of nitrogens with zero attached hydrogens (tertiary/aromatic N) is 1. The minimum absolute atomic E-state index is 0.0609. The molecule has 3 aromatic rings. The minimum Gasteiger partial charge on any atom is -0.367 e. The Labute approximate surface area is 164 Å². The van der Waals surface area contributed by atoms with Crippen LogP contribution in [0.3, 0.4) is 0 Å². The van der Waals surface area contributed by atoms with E-state index < -0.39 is 0 Å². The van der Waals surface area contributed by atoms with Crippen LogP contribution in [0.5, 0.6) is 0 Å². The van der Waals surface area contributed by atoms with Crippen LogP contribution in [0.25, 0.3) is 0 Å². The van der Waals surface area contributed by atoms with Crippen molar-refractivity contribution in [2.45, 2.75) is 17.9 Å². The lowest BCUT2D eigenvalue weighted by Crippen LogP contribution is -2.21. The molecule has 1 aliphatic rings. The SMILES string of the molecule is CSc1ccccc1C(=O)Nc1ccccc1CN1CCc2ccccc21. The smallest absolute Gasteiger partial charge is 0.256 e. The van der Waals surface area contributed by atoms with Crippen LogP contribution >= 0.6 is 11.8 Å². The average Bonchev–Trinajstić information content (AvgIpc) is 3.12. The van der Waals surface area contributed by atoms with E-state index in [4.69, 9.17) is 0 Å². The van der Waals surface area contributed by atoms with Crippen LogP contribution in [-0.4, -0.2) is 18.7 Å². The normalized spacial score (nSPS) is 12.7. The van der Waals surface area contributed by atoms with Crippen LogP contribution in [0.1, 0.15) is 21.5 Å². The van der Waals surface area contributed by atoms with Crippen LogP contribution in [-0.2, 0) is 13.0 Å². The molecule has 0 atom stereocenters. The molecule has 0 aromatic heterocycles. The maximum absolute atomic E-state index is 12.8. The summed E-state index contributed by atoms with van der Waals surface area (Å²) >= 11 is 1.59. The first kappa shape index (κ1) is 17.7. The number of amides is 1. The van der Waals surface area contributed by atoms with Crippen LogP contribution in [0, 0.1) is 0 Å². The van der Waals surface area contributed by atoms with Gasteiger partial charge in [0.05, 0.1) is 5.56 Å². The number of rotatable bonds is 5. The fourth-order valence-electron chi connectivity index (χ4n) is 3.58. The lowest BCUT2D eigenvalue weighted by atomic mass is 10.1. The number of nitrogens with one attached hydrogen (secondary N) is 1.